The third-order valence-electron chi connectivity index (χ3n) is 5.61. The van der Waals surface area contributed by atoms with Crippen molar-refractivity contribution in [3.05, 3.63) is 46.2 Å². The van der Waals surface area contributed by atoms with Gasteiger partial charge < -0.3 is 20.9 Å². The molecule has 2 aromatic heterocycles. The van der Waals surface area contributed by atoms with Gasteiger partial charge in [0.2, 0.25) is 0 Å². The van der Waals surface area contributed by atoms with Crippen LogP contribution in [0.3, 0.4) is 0 Å². The number of hydrogen-bond acceptors (Lipinski definition) is 8. The van der Waals surface area contributed by atoms with E-state index in [1.807, 2.05) is 6.92 Å². The lowest BCUT2D eigenvalue weighted by molar-refractivity contribution is 0.646. The van der Waals surface area contributed by atoms with Crippen molar-refractivity contribution in [1.29, 1.82) is 0 Å². The molecule has 1 aromatic carbocycles. The summed E-state index contributed by atoms with van der Waals surface area (Å²) in [6.45, 7) is 12.0. The molecule has 0 amide bonds. The number of aryl methyl sites for hydroxylation is 3. The largest absolute Gasteiger partial charge is 0.393 e. The Morgan fingerprint density at radius 1 is 1.00 bits per heavy atom. The molecule has 7 nitrogen and oxygen atoms in total. The molecule has 0 atom stereocenters. The SMILES string of the molecule is Cc1cccc(N2CCN(c3ncnc(Nc4nc(C)c(C)s4)c3N)CC2)c1C. The first-order chi connectivity index (χ1) is 13.9. The molecular formula is C21H27N7S. The molecule has 1 fully saturated rings. The van der Waals surface area contributed by atoms with E-state index in [4.69, 9.17) is 5.73 Å². The monoisotopic (exact) mass is 409 g/mol. The van der Waals surface area contributed by atoms with Crippen LogP contribution >= 0.6 is 11.3 Å². The van der Waals surface area contributed by atoms with Gasteiger partial charge in [0.15, 0.2) is 16.8 Å². The van der Waals surface area contributed by atoms with Crippen LogP contribution in [0.2, 0.25) is 0 Å². The van der Waals surface area contributed by atoms with Gasteiger partial charge in [-0.1, -0.05) is 12.1 Å². The lowest BCUT2D eigenvalue weighted by Crippen LogP contribution is -2.47. The molecule has 0 spiro atoms. The van der Waals surface area contributed by atoms with E-state index in [1.54, 1.807) is 17.7 Å². The van der Waals surface area contributed by atoms with Gasteiger partial charge in [-0.05, 0) is 44.9 Å². The Bertz CT molecular complexity index is 1000. The quantitative estimate of drug-likeness (QED) is 0.678. The first-order valence-corrected chi connectivity index (χ1v) is 10.6. The second kappa shape index (κ2) is 7.87. The lowest BCUT2D eigenvalue weighted by atomic mass is 10.1. The summed E-state index contributed by atoms with van der Waals surface area (Å²) in [6, 6.07) is 6.50. The fraction of sp³-hybridized carbons (Fsp3) is 0.381. The van der Waals surface area contributed by atoms with E-state index in [-0.39, 0.29) is 0 Å². The van der Waals surface area contributed by atoms with E-state index >= 15 is 0 Å². The molecule has 1 saturated heterocycles. The van der Waals surface area contributed by atoms with Crippen LogP contribution in [0.15, 0.2) is 24.5 Å². The van der Waals surface area contributed by atoms with Gasteiger partial charge >= 0.3 is 0 Å². The molecule has 29 heavy (non-hydrogen) atoms. The van der Waals surface area contributed by atoms with E-state index in [1.165, 1.54) is 21.7 Å². The summed E-state index contributed by atoms with van der Waals surface area (Å²) >= 11 is 1.60. The molecule has 0 bridgehead atoms. The average molecular weight is 410 g/mol. The Labute approximate surface area is 175 Å². The molecule has 3 N–H and O–H groups in total. The highest BCUT2D eigenvalue weighted by Gasteiger charge is 2.22. The molecule has 0 radical (unpaired) electrons. The van der Waals surface area contributed by atoms with Crippen molar-refractivity contribution < 1.29 is 0 Å². The van der Waals surface area contributed by atoms with Gasteiger partial charge in [-0.2, -0.15) is 0 Å². The topological polar surface area (TPSA) is 83.2 Å². The minimum absolute atomic E-state index is 0.568. The maximum Gasteiger partial charge on any atom is 0.188 e. The van der Waals surface area contributed by atoms with E-state index in [2.05, 4.69) is 69.0 Å². The number of rotatable bonds is 4. The van der Waals surface area contributed by atoms with Gasteiger partial charge in [-0.15, -0.1) is 11.3 Å². The highest BCUT2D eigenvalue weighted by Crippen LogP contribution is 2.32. The fourth-order valence-electron chi connectivity index (χ4n) is 3.60. The Hall–Kier alpha value is -2.87. The summed E-state index contributed by atoms with van der Waals surface area (Å²) in [4.78, 5) is 19.2. The molecular weight excluding hydrogens is 382 g/mol. The highest BCUT2D eigenvalue weighted by molar-refractivity contribution is 7.15. The summed E-state index contributed by atoms with van der Waals surface area (Å²) in [5.74, 6) is 1.40. The number of aromatic nitrogens is 3. The minimum Gasteiger partial charge on any atom is -0.393 e. The molecule has 1 aliphatic rings. The van der Waals surface area contributed by atoms with Crippen LogP contribution < -0.4 is 20.9 Å². The Kier molecular flexibility index (Phi) is 5.27. The van der Waals surface area contributed by atoms with Gasteiger partial charge in [0.25, 0.3) is 0 Å². The van der Waals surface area contributed by atoms with Gasteiger partial charge in [0.1, 0.15) is 12.0 Å². The van der Waals surface area contributed by atoms with E-state index in [9.17, 15) is 0 Å². The van der Waals surface area contributed by atoms with Crippen LogP contribution in [0.1, 0.15) is 21.7 Å². The van der Waals surface area contributed by atoms with Crippen LogP contribution in [0, 0.1) is 27.7 Å². The number of benzene rings is 1. The summed E-state index contributed by atoms with van der Waals surface area (Å²) < 4.78 is 0. The average Bonchev–Trinajstić information content (AvgIpc) is 3.03. The number of hydrogen-bond donors (Lipinski definition) is 2. The predicted molar refractivity (Wildman–Crippen MR) is 122 cm³/mol. The van der Waals surface area contributed by atoms with Crippen molar-refractivity contribution in [2.45, 2.75) is 27.7 Å². The van der Waals surface area contributed by atoms with Crippen molar-refractivity contribution in [1.82, 2.24) is 15.0 Å². The lowest BCUT2D eigenvalue weighted by Gasteiger charge is -2.38. The van der Waals surface area contributed by atoms with Gasteiger partial charge in [0, 0.05) is 36.7 Å². The van der Waals surface area contributed by atoms with Gasteiger partial charge in [-0.3, -0.25) is 0 Å². The molecule has 0 aliphatic carbocycles. The van der Waals surface area contributed by atoms with E-state index in [0.717, 1.165) is 42.8 Å². The minimum atomic E-state index is 0.568. The summed E-state index contributed by atoms with van der Waals surface area (Å²) in [7, 11) is 0. The third-order valence-corrected chi connectivity index (χ3v) is 6.60. The number of nitrogens with one attached hydrogen (secondary N) is 1. The first kappa shape index (κ1) is 19.4. The Morgan fingerprint density at radius 3 is 2.41 bits per heavy atom. The number of thiazole rings is 1. The molecule has 0 saturated carbocycles. The van der Waals surface area contributed by atoms with E-state index in [0.29, 0.717) is 11.5 Å². The zero-order valence-electron chi connectivity index (χ0n) is 17.4. The maximum atomic E-state index is 6.43. The first-order valence-electron chi connectivity index (χ1n) is 9.81. The zero-order valence-corrected chi connectivity index (χ0v) is 18.2. The number of anilines is 5. The molecule has 0 unspecified atom stereocenters. The predicted octanol–water partition coefficient (Wildman–Crippen LogP) is 3.82. The molecule has 4 rings (SSSR count). The van der Waals surface area contributed by atoms with Crippen molar-refractivity contribution in [3.63, 3.8) is 0 Å². The van der Waals surface area contributed by atoms with Crippen LogP contribution in [0.4, 0.5) is 28.1 Å². The van der Waals surface area contributed by atoms with Crippen molar-refractivity contribution in [3.8, 4) is 0 Å². The summed E-state index contributed by atoms with van der Waals surface area (Å²) in [5, 5.41) is 4.06. The van der Waals surface area contributed by atoms with Gasteiger partial charge in [-0.25, -0.2) is 15.0 Å². The Balaban J connectivity index is 1.49. The maximum absolute atomic E-state index is 6.43. The standard InChI is InChI=1S/C21H27N7S/c1-13-6-5-7-17(14(13)2)27-8-10-28(11-9-27)20-18(22)19(23-12-24-20)26-21-25-15(3)16(4)29-21/h5-7,12H,8-11,22H2,1-4H3,(H,23,24,25,26). The third kappa shape index (κ3) is 3.85. The number of nitrogens with zero attached hydrogens (tertiary/aromatic N) is 5. The second-order valence-corrected chi connectivity index (χ2v) is 8.64. The number of piperazine rings is 1. The van der Waals surface area contributed by atoms with Crippen LogP contribution in [0.5, 0.6) is 0 Å². The number of nitrogen functional groups attached to an aromatic ring is 1. The molecule has 1 aliphatic heterocycles. The van der Waals surface area contributed by atoms with Crippen LogP contribution in [-0.2, 0) is 0 Å². The highest BCUT2D eigenvalue weighted by atomic mass is 32.1. The normalized spacial score (nSPS) is 14.3. The zero-order chi connectivity index (χ0) is 20.5. The van der Waals surface area contributed by atoms with Crippen LogP contribution in [0.25, 0.3) is 0 Å². The summed E-state index contributed by atoms with van der Waals surface area (Å²) in [5.41, 5.74) is 12.0. The molecule has 152 valence electrons. The van der Waals surface area contributed by atoms with Crippen molar-refractivity contribution >= 4 is 39.5 Å². The molecule has 3 heterocycles. The molecule has 8 heteroatoms. The second-order valence-electron chi connectivity index (χ2n) is 7.44. The van der Waals surface area contributed by atoms with Crippen molar-refractivity contribution in [2.75, 3.05) is 47.0 Å². The smallest absolute Gasteiger partial charge is 0.188 e. The number of nitrogens with two attached hydrogens (primary N) is 1. The molecule has 3 aromatic rings. The Morgan fingerprint density at radius 2 is 1.72 bits per heavy atom. The van der Waals surface area contributed by atoms with Gasteiger partial charge in [0.05, 0.1) is 5.69 Å². The van der Waals surface area contributed by atoms with Crippen LogP contribution in [-0.4, -0.2) is 41.1 Å². The van der Waals surface area contributed by atoms with Crippen molar-refractivity contribution in [2.24, 2.45) is 0 Å². The summed E-state index contributed by atoms with van der Waals surface area (Å²) in [6.07, 6.45) is 1.57. The fourth-order valence-corrected chi connectivity index (χ4v) is 4.42. The van der Waals surface area contributed by atoms with E-state index < -0.39 is 0 Å².